The number of halogens is 3. The second-order valence-corrected chi connectivity index (χ2v) is 3.94. The zero-order chi connectivity index (χ0) is 12.4. The van der Waals surface area contributed by atoms with Crippen molar-refractivity contribution in [1.82, 2.24) is 0 Å². The highest BCUT2D eigenvalue weighted by atomic mass is 19.4. The van der Waals surface area contributed by atoms with Crippen LogP contribution in [0.3, 0.4) is 0 Å². The smallest absolute Gasteiger partial charge is 0.411 e. The van der Waals surface area contributed by atoms with E-state index in [1.807, 2.05) is 0 Å². The van der Waals surface area contributed by atoms with Crippen molar-refractivity contribution < 1.29 is 27.4 Å². The molecule has 2 atom stereocenters. The third-order valence-electron chi connectivity index (χ3n) is 2.58. The van der Waals surface area contributed by atoms with Crippen LogP contribution in [-0.4, -0.2) is 37.5 Å². The number of esters is 1. The molecular weight excluding hydrogens is 227 g/mol. The maximum Gasteiger partial charge on any atom is 0.411 e. The molecule has 0 aromatic carbocycles. The molecule has 1 rings (SSSR count). The fraction of sp³-hybridized carbons (Fsp3) is 0.889. The molecule has 16 heavy (non-hydrogen) atoms. The highest BCUT2D eigenvalue weighted by molar-refractivity contribution is 5.80. The van der Waals surface area contributed by atoms with Gasteiger partial charge in [-0.3, -0.25) is 4.79 Å². The highest BCUT2D eigenvalue weighted by Gasteiger charge is 2.44. The van der Waals surface area contributed by atoms with E-state index < -0.39 is 30.4 Å². The van der Waals surface area contributed by atoms with E-state index in [0.29, 0.717) is 6.42 Å². The molecule has 1 aliphatic carbocycles. The number of carbonyl (C=O) groups is 1. The molecule has 0 bridgehead atoms. The minimum Gasteiger partial charge on any atom is -0.468 e. The van der Waals surface area contributed by atoms with Gasteiger partial charge in [0.05, 0.1) is 13.2 Å². The summed E-state index contributed by atoms with van der Waals surface area (Å²) in [7, 11) is 1.20. The van der Waals surface area contributed by atoms with Gasteiger partial charge in [-0.1, -0.05) is 0 Å². The second-order valence-electron chi connectivity index (χ2n) is 3.94. The van der Waals surface area contributed by atoms with Crippen LogP contribution >= 0.6 is 0 Å². The van der Waals surface area contributed by atoms with Crippen molar-refractivity contribution >= 4 is 5.97 Å². The molecule has 2 N–H and O–H groups in total. The van der Waals surface area contributed by atoms with Crippen molar-refractivity contribution in [2.45, 2.75) is 37.1 Å². The monoisotopic (exact) mass is 241 g/mol. The third-order valence-corrected chi connectivity index (χ3v) is 2.58. The van der Waals surface area contributed by atoms with E-state index >= 15 is 0 Å². The second kappa shape index (κ2) is 4.58. The summed E-state index contributed by atoms with van der Waals surface area (Å²) in [6.45, 7) is -1.31. The van der Waals surface area contributed by atoms with Crippen LogP contribution < -0.4 is 5.73 Å². The summed E-state index contributed by atoms with van der Waals surface area (Å²) in [6, 6.07) is 0. The molecule has 0 heterocycles. The van der Waals surface area contributed by atoms with Gasteiger partial charge in [0.2, 0.25) is 0 Å². The summed E-state index contributed by atoms with van der Waals surface area (Å²) < 4.78 is 44.8. The van der Waals surface area contributed by atoms with Gasteiger partial charge in [0.15, 0.2) is 0 Å². The van der Waals surface area contributed by atoms with Crippen molar-refractivity contribution in [2.75, 3.05) is 13.7 Å². The highest BCUT2D eigenvalue weighted by Crippen LogP contribution is 2.31. The first-order chi connectivity index (χ1) is 7.27. The Hall–Kier alpha value is -0.820. The molecule has 94 valence electrons. The van der Waals surface area contributed by atoms with Crippen molar-refractivity contribution in [3.63, 3.8) is 0 Å². The van der Waals surface area contributed by atoms with Crippen molar-refractivity contribution in [2.24, 2.45) is 5.73 Å². The predicted octanol–water partition coefficient (Wildman–Crippen LogP) is 0.988. The topological polar surface area (TPSA) is 61.5 Å². The van der Waals surface area contributed by atoms with E-state index in [4.69, 9.17) is 5.73 Å². The van der Waals surface area contributed by atoms with Crippen LogP contribution in [0.2, 0.25) is 0 Å². The summed E-state index contributed by atoms with van der Waals surface area (Å²) in [5, 5.41) is 0. The van der Waals surface area contributed by atoms with Crippen LogP contribution in [0.1, 0.15) is 19.3 Å². The Morgan fingerprint density at radius 2 is 2.19 bits per heavy atom. The average molecular weight is 241 g/mol. The van der Waals surface area contributed by atoms with E-state index in [0.717, 1.165) is 0 Å². The summed E-state index contributed by atoms with van der Waals surface area (Å²) in [5.74, 6) is -0.606. The van der Waals surface area contributed by atoms with Gasteiger partial charge in [-0.15, -0.1) is 0 Å². The van der Waals surface area contributed by atoms with E-state index in [1.54, 1.807) is 0 Å². The molecule has 2 unspecified atom stereocenters. The first-order valence-electron chi connectivity index (χ1n) is 4.82. The molecule has 0 saturated heterocycles. The van der Waals surface area contributed by atoms with Crippen molar-refractivity contribution in [3.8, 4) is 0 Å². The molecule has 1 fully saturated rings. The number of alkyl halides is 3. The molecular formula is C9H14F3NO3. The Labute approximate surface area is 90.9 Å². The quantitative estimate of drug-likeness (QED) is 0.748. The summed E-state index contributed by atoms with van der Waals surface area (Å²) in [5.41, 5.74) is 4.50. The number of methoxy groups -OCH3 is 1. The number of nitrogens with two attached hydrogens (primary N) is 1. The van der Waals surface area contributed by atoms with E-state index in [1.165, 1.54) is 7.11 Å². The number of ether oxygens (including phenoxy) is 2. The third kappa shape index (κ3) is 3.34. The number of rotatable bonds is 3. The molecule has 0 spiro atoms. The summed E-state index contributed by atoms with van der Waals surface area (Å²) in [4.78, 5) is 11.3. The fourth-order valence-corrected chi connectivity index (χ4v) is 1.77. The lowest BCUT2D eigenvalue weighted by molar-refractivity contribution is -0.185. The Bertz CT molecular complexity index is 269. The maximum atomic E-state index is 11.9. The Kier molecular flexibility index (Phi) is 3.80. The molecule has 4 nitrogen and oxygen atoms in total. The predicted molar refractivity (Wildman–Crippen MR) is 48.6 cm³/mol. The number of carbonyl (C=O) groups excluding carboxylic acids is 1. The van der Waals surface area contributed by atoms with Crippen LogP contribution in [-0.2, 0) is 14.3 Å². The van der Waals surface area contributed by atoms with Crippen molar-refractivity contribution in [1.29, 1.82) is 0 Å². The van der Waals surface area contributed by atoms with Gasteiger partial charge in [0, 0.05) is 6.42 Å². The standard InChI is InChI=1S/C9H14F3NO3/c1-15-7(14)8(13)3-2-6(4-8)16-5-9(10,11)12/h6H,2-5,13H2,1H3. The largest absolute Gasteiger partial charge is 0.468 e. The lowest BCUT2D eigenvalue weighted by Gasteiger charge is -2.20. The van der Waals surface area contributed by atoms with Gasteiger partial charge >= 0.3 is 12.1 Å². The van der Waals surface area contributed by atoms with Gasteiger partial charge in [-0.2, -0.15) is 13.2 Å². The van der Waals surface area contributed by atoms with Crippen molar-refractivity contribution in [3.05, 3.63) is 0 Å². The Morgan fingerprint density at radius 1 is 1.56 bits per heavy atom. The zero-order valence-electron chi connectivity index (χ0n) is 8.84. The van der Waals surface area contributed by atoms with E-state index in [2.05, 4.69) is 9.47 Å². The maximum absolute atomic E-state index is 11.9. The van der Waals surface area contributed by atoms with Gasteiger partial charge in [-0.25, -0.2) is 0 Å². The molecule has 1 saturated carbocycles. The molecule has 1 aliphatic rings. The lowest BCUT2D eigenvalue weighted by Crippen LogP contribution is -2.46. The van der Waals surface area contributed by atoms with Crippen LogP contribution in [0.5, 0.6) is 0 Å². The number of hydrogen-bond acceptors (Lipinski definition) is 4. The van der Waals surface area contributed by atoms with E-state index in [9.17, 15) is 18.0 Å². The van der Waals surface area contributed by atoms with Crippen LogP contribution in [0.4, 0.5) is 13.2 Å². The molecule has 7 heteroatoms. The molecule has 0 aromatic heterocycles. The number of hydrogen-bond donors (Lipinski definition) is 1. The minimum absolute atomic E-state index is 0.0652. The summed E-state index contributed by atoms with van der Waals surface area (Å²) >= 11 is 0. The van der Waals surface area contributed by atoms with Gasteiger partial charge in [0.1, 0.15) is 12.1 Å². The molecule has 0 amide bonds. The summed E-state index contributed by atoms with van der Waals surface area (Å²) in [6.07, 6.45) is -4.31. The zero-order valence-corrected chi connectivity index (χ0v) is 8.84. The van der Waals surface area contributed by atoms with Gasteiger partial charge in [-0.05, 0) is 12.8 Å². The minimum atomic E-state index is -4.36. The fourth-order valence-electron chi connectivity index (χ4n) is 1.77. The average Bonchev–Trinajstić information content (AvgIpc) is 2.56. The van der Waals surface area contributed by atoms with Gasteiger partial charge < -0.3 is 15.2 Å². The van der Waals surface area contributed by atoms with Gasteiger partial charge in [0.25, 0.3) is 0 Å². The Balaban J connectivity index is 2.43. The molecule has 0 aromatic rings. The molecule has 0 aliphatic heterocycles. The van der Waals surface area contributed by atoms with E-state index in [-0.39, 0.29) is 12.8 Å². The van der Waals surface area contributed by atoms with Crippen LogP contribution in [0, 0.1) is 0 Å². The van der Waals surface area contributed by atoms with Crippen LogP contribution in [0.25, 0.3) is 0 Å². The normalized spacial score (nSPS) is 30.4. The van der Waals surface area contributed by atoms with Crippen LogP contribution in [0.15, 0.2) is 0 Å². The SMILES string of the molecule is COC(=O)C1(N)CCC(OCC(F)(F)F)C1. The lowest BCUT2D eigenvalue weighted by atomic mass is 10.00. The Morgan fingerprint density at radius 3 is 2.69 bits per heavy atom. The first-order valence-corrected chi connectivity index (χ1v) is 4.82. The first kappa shape index (κ1) is 13.2. The molecule has 0 radical (unpaired) electrons.